The van der Waals surface area contributed by atoms with E-state index in [-0.39, 0.29) is 12.1 Å². The summed E-state index contributed by atoms with van der Waals surface area (Å²) in [6.07, 6.45) is 4.69. The third kappa shape index (κ3) is 4.19. The highest BCUT2D eigenvalue weighted by molar-refractivity contribution is 5.69. The van der Waals surface area contributed by atoms with Gasteiger partial charge in [0.25, 0.3) is 0 Å². The minimum absolute atomic E-state index is 0.0514. The first-order chi connectivity index (χ1) is 14.3. The number of benzene rings is 2. The highest BCUT2D eigenvalue weighted by atomic mass is 16.6. The summed E-state index contributed by atoms with van der Waals surface area (Å²) >= 11 is 0. The summed E-state index contributed by atoms with van der Waals surface area (Å²) in [6, 6.07) is 20.1. The van der Waals surface area contributed by atoms with E-state index >= 15 is 0 Å². The van der Waals surface area contributed by atoms with Crippen molar-refractivity contribution >= 4 is 6.09 Å². The Labute approximate surface area is 171 Å². The molecule has 1 amide bonds. The molecule has 1 aliphatic heterocycles. The van der Waals surface area contributed by atoms with Gasteiger partial charge in [-0.3, -0.25) is 4.90 Å². The Kier molecular flexibility index (Phi) is 5.94. The molecule has 0 bridgehead atoms. The largest absolute Gasteiger partial charge is 0.445 e. The normalized spacial score (nSPS) is 15.8. The third-order valence-electron chi connectivity index (χ3n) is 5.47. The predicted octanol–water partition coefficient (Wildman–Crippen LogP) is 5.43. The average Bonchev–Trinajstić information content (AvgIpc) is 3.21. The van der Waals surface area contributed by atoms with Crippen LogP contribution < -0.4 is 0 Å². The molecule has 2 heterocycles. The molecule has 1 atom stereocenters. The van der Waals surface area contributed by atoms with Crippen molar-refractivity contribution in [3.05, 3.63) is 78.2 Å². The molecule has 150 valence electrons. The number of fused-ring (bicyclic) bond motifs is 1. The fraction of sp³-hybridized carbons (Fsp3) is 0.333. The molecule has 0 aliphatic carbocycles. The van der Waals surface area contributed by atoms with Crippen LogP contribution in [-0.4, -0.2) is 27.1 Å². The topological polar surface area (TPSA) is 47.4 Å². The first kappa shape index (κ1) is 19.2. The molecule has 2 aromatic carbocycles. The molecule has 1 unspecified atom stereocenters. The van der Waals surface area contributed by atoms with Crippen molar-refractivity contribution in [1.82, 2.24) is 14.5 Å². The second kappa shape index (κ2) is 8.95. The van der Waals surface area contributed by atoms with Crippen LogP contribution in [0.5, 0.6) is 0 Å². The summed E-state index contributed by atoms with van der Waals surface area (Å²) in [6.45, 7) is 3.82. The van der Waals surface area contributed by atoms with E-state index in [1.807, 2.05) is 59.6 Å². The summed E-state index contributed by atoms with van der Waals surface area (Å²) < 4.78 is 7.89. The van der Waals surface area contributed by atoms with Crippen molar-refractivity contribution in [3.63, 3.8) is 0 Å². The molecule has 5 heteroatoms. The lowest BCUT2D eigenvalue weighted by molar-refractivity contribution is 0.0662. The molecule has 29 heavy (non-hydrogen) atoms. The molecular weight excluding hydrogens is 362 g/mol. The zero-order valence-electron chi connectivity index (χ0n) is 16.8. The van der Waals surface area contributed by atoms with Gasteiger partial charge in [0.2, 0.25) is 0 Å². The summed E-state index contributed by atoms with van der Waals surface area (Å²) in [4.78, 5) is 19.5. The Morgan fingerprint density at radius 2 is 1.79 bits per heavy atom. The predicted molar refractivity (Wildman–Crippen MR) is 113 cm³/mol. The number of amides is 1. The minimum Gasteiger partial charge on any atom is -0.445 e. The fourth-order valence-electron chi connectivity index (χ4n) is 3.94. The van der Waals surface area contributed by atoms with Gasteiger partial charge in [-0.05, 0) is 17.5 Å². The van der Waals surface area contributed by atoms with Gasteiger partial charge in [-0.25, -0.2) is 9.78 Å². The van der Waals surface area contributed by atoms with Gasteiger partial charge in [0.1, 0.15) is 12.4 Å². The Morgan fingerprint density at radius 1 is 1.07 bits per heavy atom. The quantitative estimate of drug-likeness (QED) is 0.564. The van der Waals surface area contributed by atoms with Crippen molar-refractivity contribution in [2.24, 2.45) is 0 Å². The lowest BCUT2D eigenvalue weighted by Gasteiger charge is -2.35. The molecule has 0 spiro atoms. The molecule has 1 aliphatic rings. The molecule has 1 aromatic heterocycles. The van der Waals surface area contributed by atoms with E-state index in [1.165, 1.54) is 0 Å². The Morgan fingerprint density at radius 3 is 2.52 bits per heavy atom. The number of nitrogens with zero attached hydrogens (tertiary/aromatic N) is 3. The van der Waals surface area contributed by atoms with Crippen LogP contribution in [0.2, 0.25) is 0 Å². The van der Waals surface area contributed by atoms with Gasteiger partial charge >= 0.3 is 6.09 Å². The fourth-order valence-corrected chi connectivity index (χ4v) is 3.94. The van der Waals surface area contributed by atoms with Gasteiger partial charge in [-0.1, -0.05) is 80.4 Å². The van der Waals surface area contributed by atoms with Crippen LogP contribution in [0.3, 0.4) is 0 Å². The standard InChI is InChI=1S/C24H27N3O2/c1-2-3-14-21-23-25-17-22(20-12-8-5-9-13-20)26(23)15-16-27(21)24(28)29-18-19-10-6-4-7-11-19/h4-13,17,21H,2-3,14-16,18H2,1H3. The van der Waals surface area contributed by atoms with Crippen molar-refractivity contribution in [2.45, 2.75) is 45.4 Å². The molecular formula is C24H27N3O2. The van der Waals surface area contributed by atoms with Crippen molar-refractivity contribution in [2.75, 3.05) is 6.54 Å². The smallest absolute Gasteiger partial charge is 0.410 e. The molecule has 0 saturated carbocycles. The van der Waals surface area contributed by atoms with E-state index in [0.29, 0.717) is 13.2 Å². The van der Waals surface area contributed by atoms with Crippen molar-refractivity contribution in [3.8, 4) is 11.3 Å². The first-order valence-electron chi connectivity index (χ1n) is 10.4. The number of aromatic nitrogens is 2. The molecule has 5 nitrogen and oxygen atoms in total. The van der Waals surface area contributed by atoms with Gasteiger partial charge in [-0.2, -0.15) is 0 Å². The van der Waals surface area contributed by atoms with Gasteiger partial charge in [-0.15, -0.1) is 0 Å². The number of carbonyl (C=O) groups is 1. The Bertz CT molecular complexity index is 937. The maximum atomic E-state index is 12.9. The average molecular weight is 389 g/mol. The van der Waals surface area contributed by atoms with Crippen molar-refractivity contribution < 1.29 is 9.53 Å². The molecule has 0 radical (unpaired) electrons. The summed E-state index contributed by atoms with van der Waals surface area (Å²) in [5.74, 6) is 0.959. The third-order valence-corrected chi connectivity index (χ3v) is 5.47. The Hall–Kier alpha value is -3.08. The van der Waals surface area contributed by atoms with E-state index in [9.17, 15) is 4.79 Å². The number of hydrogen-bond acceptors (Lipinski definition) is 3. The number of unbranched alkanes of at least 4 members (excludes halogenated alkanes) is 1. The van der Waals surface area contributed by atoms with E-state index in [0.717, 1.165) is 48.5 Å². The minimum atomic E-state index is -0.259. The number of imidazole rings is 1. The molecule has 4 rings (SSSR count). The summed E-state index contributed by atoms with van der Waals surface area (Å²) in [5, 5.41) is 0. The zero-order chi connectivity index (χ0) is 20.1. The number of hydrogen-bond donors (Lipinski definition) is 0. The van der Waals surface area contributed by atoms with Crippen LogP contribution in [0.4, 0.5) is 4.79 Å². The second-order valence-corrected chi connectivity index (χ2v) is 7.41. The van der Waals surface area contributed by atoms with E-state index in [2.05, 4.69) is 23.6 Å². The highest BCUT2D eigenvalue weighted by Crippen LogP contribution is 2.33. The van der Waals surface area contributed by atoms with Crippen molar-refractivity contribution in [1.29, 1.82) is 0 Å². The monoisotopic (exact) mass is 389 g/mol. The van der Waals surface area contributed by atoms with Gasteiger partial charge in [0, 0.05) is 13.1 Å². The number of carbonyl (C=O) groups excluding carboxylic acids is 1. The Balaban J connectivity index is 1.55. The van der Waals surface area contributed by atoms with Crippen LogP contribution in [0, 0.1) is 0 Å². The maximum absolute atomic E-state index is 12.9. The van der Waals surface area contributed by atoms with Gasteiger partial charge in [0.15, 0.2) is 0 Å². The SMILES string of the molecule is CCCCC1c2ncc(-c3ccccc3)n2CCN1C(=O)OCc1ccccc1. The van der Waals surface area contributed by atoms with Gasteiger partial charge < -0.3 is 9.30 Å². The molecule has 3 aromatic rings. The van der Waals surface area contributed by atoms with E-state index < -0.39 is 0 Å². The van der Waals surface area contributed by atoms with Gasteiger partial charge in [0.05, 0.1) is 17.9 Å². The summed E-state index contributed by atoms with van der Waals surface area (Å²) in [5.41, 5.74) is 3.26. The van der Waals surface area contributed by atoms with Crippen LogP contribution in [-0.2, 0) is 17.9 Å². The van der Waals surface area contributed by atoms with E-state index in [1.54, 1.807) is 0 Å². The second-order valence-electron chi connectivity index (χ2n) is 7.41. The van der Waals surface area contributed by atoms with Crippen LogP contribution in [0.1, 0.15) is 43.6 Å². The lowest BCUT2D eigenvalue weighted by Crippen LogP contribution is -2.42. The molecule has 0 fully saturated rings. The lowest BCUT2D eigenvalue weighted by atomic mass is 10.1. The van der Waals surface area contributed by atoms with Crippen LogP contribution >= 0.6 is 0 Å². The van der Waals surface area contributed by atoms with Crippen LogP contribution in [0.15, 0.2) is 66.9 Å². The number of rotatable bonds is 6. The van der Waals surface area contributed by atoms with Crippen LogP contribution in [0.25, 0.3) is 11.3 Å². The highest BCUT2D eigenvalue weighted by Gasteiger charge is 2.34. The summed E-state index contributed by atoms with van der Waals surface area (Å²) in [7, 11) is 0. The van der Waals surface area contributed by atoms with E-state index in [4.69, 9.17) is 9.72 Å². The maximum Gasteiger partial charge on any atom is 0.410 e. The zero-order valence-corrected chi connectivity index (χ0v) is 16.8. The molecule has 0 saturated heterocycles. The first-order valence-corrected chi connectivity index (χ1v) is 10.4. The number of ether oxygens (including phenoxy) is 1. The molecule has 0 N–H and O–H groups in total.